The zero-order chi connectivity index (χ0) is 10.7. The summed E-state index contributed by atoms with van der Waals surface area (Å²) in [6.45, 7) is 0. The summed E-state index contributed by atoms with van der Waals surface area (Å²) in [4.78, 5) is 10.1. The van der Waals surface area contributed by atoms with Gasteiger partial charge in [-0.15, -0.1) is 0 Å². The van der Waals surface area contributed by atoms with E-state index in [1.165, 1.54) is 12.1 Å². The molecule has 0 heterocycles. The van der Waals surface area contributed by atoms with Crippen molar-refractivity contribution in [2.24, 2.45) is 0 Å². The molecular weight excluding hydrogens is 258 g/mol. The zero-order valence-corrected chi connectivity index (χ0v) is 8.38. The van der Waals surface area contributed by atoms with Crippen LogP contribution >= 0.6 is 15.9 Å². The molecule has 0 unspecified atom stereocenters. The van der Waals surface area contributed by atoms with Gasteiger partial charge in [-0.05, 0) is 28.1 Å². The van der Waals surface area contributed by atoms with Crippen LogP contribution in [0.25, 0.3) is 6.08 Å². The van der Waals surface area contributed by atoms with Gasteiger partial charge in [0.25, 0.3) is 0 Å². The minimum atomic E-state index is -1.22. The summed E-state index contributed by atoms with van der Waals surface area (Å²) in [6.07, 6.45) is 1.74. The van der Waals surface area contributed by atoms with E-state index in [9.17, 15) is 13.6 Å². The van der Waals surface area contributed by atoms with E-state index in [1.807, 2.05) is 0 Å². The Morgan fingerprint density at radius 1 is 1.36 bits per heavy atom. The van der Waals surface area contributed by atoms with Crippen molar-refractivity contribution in [1.29, 1.82) is 0 Å². The molecule has 0 saturated heterocycles. The van der Waals surface area contributed by atoms with Crippen molar-refractivity contribution in [3.05, 3.63) is 39.9 Å². The first-order chi connectivity index (χ1) is 6.52. The minimum Gasteiger partial charge on any atom is -0.478 e. The highest BCUT2D eigenvalue weighted by Crippen LogP contribution is 2.21. The van der Waals surface area contributed by atoms with Crippen LogP contribution in [0.1, 0.15) is 5.56 Å². The van der Waals surface area contributed by atoms with Gasteiger partial charge in [0, 0.05) is 11.6 Å². The molecule has 0 spiro atoms. The third-order valence-corrected chi connectivity index (χ3v) is 2.08. The Morgan fingerprint density at radius 3 is 2.57 bits per heavy atom. The maximum Gasteiger partial charge on any atom is 0.328 e. The summed E-state index contributed by atoms with van der Waals surface area (Å²) in [5, 5.41) is 8.28. The predicted molar refractivity (Wildman–Crippen MR) is 50.7 cm³/mol. The summed E-state index contributed by atoms with van der Waals surface area (Å²) < 4.78 is 26.0. The van der Waals surface area contributed by atoms with E-state index in [2.05, 4.69) is 15.9 Å². The average Bonchev–Trinajstić information content (AvgIpc) is 2.13. The zero-order valence-electron chi connectivity index (χ0n) is 6.80. The highest BCUT2D eigenvalue weighted by molar-refractivity contribution is 9.10. The monoisotopic (exact) mass is 262 g/mol. The SMILES string of the molecule is O=C(O)C=Cc1ccc(Br)c(F)c1F. The molecule has 0 saturated carbocycles. The molecule has 0 aliphatic carbocycles. The van der Waals surface area contributed by atoms with Crippen LogP contribution in [-0.2, 0) is 4.79 Å². The van der Waals surface area contributed by atoms with E-state index in [1.54, 1.807) is 0 Å². The lowest BCUT2D eigenvalue weighted by Gasteiger charge is -1.99. The average molecular weight is 263 g/mol. The Bertz CT molecular complexity index is 402. The van der Waals surface area contributed by atoms with Crippen molar-refractivity contribution < 1.29 is 18.7 Å². The molecule has 0 radical (unpaired) electrons. The number of hydrogen-bond donors (Lipinski definition) is 1. The summed E-state index contributed by atoms with van der Waals surface area (Å²) >= 11 is 2.80. The number of benzene rings is 1. The van der Waals surface area contributed by atoms with E-state index in [0.717, 1.165) is 12.2 Å². The number of carboxylic acid groups (broad SMARTS) is 1. The lowest BCUT2D eigenvalue weighted by atomic mass is 10.2. The summed E-state index contributed by atoms with van der Waals surface area (Å²) in [7, 11) is 0. The molecule has 0 atom stereocenters. The first-order valence-electron chi connectivity index (χ1n) is 3.57. The van der Waals surface area contributed by atoms with Crippen molar-refractivity contribution in [3.8, 4) is 0 Å². The summed E-state index contributed by atoms with van der Waals surface area (Å²) in [5.41, 5.74) is -0.104. The maximum absolute atomic E-state index is 13.1. The van der Waals surface area contributed by atoms with E-state index >= 15 is 0 Å². The van der Waals surface area contributed by atoms with Gasteiger partial charge in [-0.3, -0.25) is 0 Å². The summed E-state index contributed by atoms with van der Waals surface area (Å²) in [6, 6.07) is 2.59. The number of hydrogen-bond acceptors (Lipinski definition) is 1. The number of rotatable bonds is 2. The van der Waals surface area contributed by atoms with Gasteiger partial charge in [0.1, 0.15) is 0 Å². The maximum atomic E-state index is 13.1. The molecule has 1 rings (SSSR count). The fraction of sp³-hybridized carbons (Fsp3) is 0. The Hall–Kier alpha value is -1.23. The normalized spacial score (nSPS) is 10.8. The topological polar surface area (TPSA) is 37.3 Å². The minimum absolute atomic E-state index is 0.00229. The molecule has 74 valence electrons. The third kappa shape index (κ3) is 2.38. The van der Waals surface area contributed by atoms with E-state index in [4.69, 9.17) is 5.11 Å². The second kappa shape index (κ2) is 4.32. The second-order valence-electron chi connectivity index (χ2n) is 2.44. The first kappa shape index (κ1) is 10.8. The third-order valence-electron chi connectivity index (χ3n) is 1.47. The molecule has 2 nitrogen and oxygen atoms in total. The number of carboxylic acids is 1. The molecule has 1 aromatic carbocycles. The molecule has 0 aromatic heterocycles. The van der Waals surface area contributed by atoms with Gasteiger partial charge >= 0.3 is 5.97 Å². The Kier molecular flexibility index (Phi) is 3.35. The van der Waals surface area contributed by atoms with Gasteiger partial charge in [0.05, 0.1) is 4.47 Å². The quantitative estimate of drug-likeness (QED) is 0.658. The molecular formula is C9H5BrF2O2. The molecule has 0 bridgehead atoms. The van der Waals surface area contributed by atoms with Crippen LogP contribution in [0, 0.1) is 11.6 Å². The van der Waals surface area contributed by atoms with Crippen LogP contribution in [0.5, 0.6) is 0 Å². The van der Waals surface area contributed by atoms with Crippen LogP contribution in [-0.4, -0.2) is 11.1 Å². The fourth-order valence-corrected chi connectivity index (χ4v) is 1.14. The molecule has 0 amide bonds. The molecule has 14 heavy (non-hydrogen) atoms. The lowest BCUT2D eigenvalue weighted by molar-refractivity contribution is -0.131. The largest absolute Gasteiger partial charge is 0.478 e. The molecule has 1 aromatic rings. The number of aliphatic carboxylic acids is 1. The smallest absolute Gasteiger partial charge is 0.328 e. The van der Waals surface area contributed by atoms with Crippen molar-refractivity contribution in [3.63, 3.8) is 0 Å². The Balaban J connectivity index is 3.12. The highest BCUT2D eigenvalue weighted by Gasteiger charge is 2.09. The Morgan fingerprint density at radius 2 is 2.00 bits per heavy atom. The van der Waals surface area contributed by atoms with Crippen LogP contribution in [0.3, 0.4) is 0 Å². The summed E-state index contributed by atoms with van der Waals surface area (Å²) in [5.74, 6) is -3.32. The van der Waals surface area contributed by atoms with Gasteiger partial charge in [-0.1, -0.05) is 6.07 Å². The van der Waals surface area contributed by atoms with Crippen LogP contribution in [0.4, 0.5) is 8.78 Å². The van der Waals surface area contributed by atoms with E-state index < -0.39 is 17.6 Å². The molecule has 1 N–H and O–H groups in total. The van der Waals surface area contributed by atoms with Gasteiger partial charge < -0.3 is 5.11 Å². The predicted octanol–water partition coefficient (Wildman–Crippen LogP) is 2.83. The lowest BCUT2D eigenvalue weighted by Crippen LogP contribution is -1.91. The van der Waals surface area contributed by atoms with Gasteiger partial charge in [-0.25, -0.2) is 13.6 Å². The van der Waals surface area contributed by atoms with Crippen molar-refractivity contribution in [2.45, 2.75) is 0 Å². The molecule has 0 fully saturated rings. The van der Waals surface area contributed by atoms with Crippen molar-refractivity contribution in [2.75, 3.05) is 0 Å². The number of carbonyl (C=O) groups is 1. The first-order valence-corrected chi connectivity index (χ1v) is 4.36. The van der Waals surface area contributed by atoms with Gasteiger partial charge in [0.2, 0.25) is 0 Å². The van der Waals surface area contributed by atoms with E-state index in [0.29, 0.717) is 0 Å². The molecule has 5 heteroatoms. The van der Waals surface area contributed by atoms with Gasteiger partial charge in [0.15, 0.2) is 11.6 Å². The second-order valence-corrected chi connectivity index (χ2v) is 3.29. The number of halogens is 3. The fourth-order valence-electron chi connectivity index (χ4n) is 0.831. The van der Waals surface area contributed by atoms with Crippen LogP contribution in [0.2, 0.25) is 0 Å². The Labute approximate surface area is 87.0 Å². The van der Waals surface area contributed by atoms with Crippen LogP contribution in [0.15, 0.2) is 22.7 Å². The van der Waals surface area contributed by atoms with Crippen molar-refractivity contribution >= 4 is 28.0 Å². The molecule has 0 aliphatic rings. The van der Waals surface area contributed by atoms with Crippen molar-refractivity contribution in [1.82, 2.24) is 0 Å². The van der Waals surface area contributed by atoms with Crippen LogP contribution < -0.4 is 0 Å². The highest BCUT2D eigenvalue weighted by atomic mass is 79.9. The van der Waals surface area contributed by atoms with E-state index in [-0.39, 0.29) is 10.0 Å². The molecule has 0 aliphatic heterocycles. The van der Waals surface area contributed by atoms with Gasteiger partial charge in [-0.2, -0.15) is 0 Å². The standard InChI is InChI=1S/C9H5BrF2O2/c10-6-3-1-5(2-4-7(13)14)8(11)9(6)12/h1-4H,(H,13,14).